The van der Waals surface area contributed by atoms with E-state index in [-0.39, 0.29) is 0 Å². The summed E-state index contributed by atoms with van der Waals surface area (Å²) in [5, 5.41) is 12.1. The van der Waals surface area contributed by atoms with Gasteiger partial charge in [0.05, 0.1) is 5.69 Å². The molecule has 1 aromatic rings. The molecule has 0 aliphatic carbocycles. The number of carboxylic acid groups (broad SMARTS) is 1. The van der Waals surface area contributed by atoms with Crippen molar-refractivity contribution in [2.45, 2.75) is 12.6 Å². The number of nitrogens with one attached hydrogen (secondary N) is 1. The van der Waals surface area contributed by atoms with Gasteiger partial charge in [0.1, 0.15) is 6.04 Å². The van der Waals surface area contributed by atoms with Crippen LogP contribution in [0.25, 0.3) is 0 Å². The van der Waals surface area contributed by atoms with Crippen molar-refractivity contribution >= 4 is 5.97 Å². The lowest BCUT2D eigenvalue weighted by Crippen LogP contribution is -2.54. The van der Waals surface area contributed by atoms with Crippen LogP contribution >= 0.6 is 0 Å². The van der Waals surface area contributed by atoms with Crippen molar-refractivity contribution in [3.8, 4) is 0 Å². The van der Waals surface area contributed by atoms with Gasteiger partial charge in [-0.15, -0.1) is 0 Å². The van der Waals surface area contributed by atoms with Gasteiger partial charge >= 0.3 is 5.97 Å². The number of nitrogens with zero attached hydrogens (tertiary/aromatic N) is 3. The summed E-state index contributed by atoms with van der Waals surface area (Å²) in [6.07, 6.45) is 4.89. The normalized spacial score (nSPS) is 21.9. The van der Waals surface area contributed by atoms with Crippen molar-refractivity contribution in [1.82, 2.24) is 20.2 Å². The Kier molecular flexibility index (Phi) is 3.43. The summed E-state index contributed by atoms with van der Waals surface area (Å²) < 4.78 is 0. The smallest absolute Gasteiger partial charge is 0.322 e. The number of rotatable bonds is 3. The Bertz CT molecular complexity index is 357. The quantitative estimate of drug-likeness (QED) is 0.706. The van der Waals surface area contributed by atoms with Crippen LogP contribution < -0.4 is 5.32 Å². The molecule has 1 fully saturated rings. The molecule has 1 aliphatic heterocycles. The van der Waals surface area contributed by atoms with E-state index in [4.69, 9.17) is 5.11 Å². The van der Waals surface area contributed by atoms with Gasteiger partial charge in [-0.25, -0.2) is 0 Å². The van der Waals surface area contributed by atoms with Gasteiger partial charge in [0.2, 0.25) is 0 Å². The van der Waals surface area contributed by atoms with E-state index >= 15 is 0 Å². The van der Waals surface area contributed by atoms with Gasteiger partial charge in [-0.2, -0.15) is 0 Å². The topological polar surface area (TPSA) is 78.4 Å². The van der Waals surface area contributed by atoms with Crippen molar-refractivity contribution in [3.63, 3.8) is 0 Å². The van der Waals surface area contributed by atoms with Crippen LogP contribution in [0.5, 0.6) is 0 Å². The average molecular weight is 222 g/mol. The van der Waals surface area contributed by atoms with Crippen LogP contribution in [0, 0.1) is 0 Å². The van der Waals surface area contributed by atoms with Crippen molar-refractivity contribution < 1.29 is 9.90 Å². The van der Waals surface area contributed by atoms with Crippen LogP contribution in [0.3, 0.4) is 0 Å². The highest BCUT2D eigenvalue weighted by molar-refractivity contribution is 5.73. The van der Waals surface area contributed by atoms with Crippen LogP contribution in [0.4, 0.5) is 0 Å². The molecule has 2 N–H and O–H groups in total. The maximum atomic E-state index is 11.0. The van der Waals surface area contributed by atoms with Gasteiger partial charge in [-0.05, 0) is 0 Å². The van der Waals surface area contributed by atoms with E-state index in [9.17, 15) is 4.79 Å². The summed E-state index contributed by atoms with van der Waals surface area (Å²) in [6, 6.07) is -0.476. The van der Waals surface area contributed by atoms with Crippen LogP contribution in [-0.2, 0) is 11.3 Å². The molecule has 86 valence electrons. The van der Waals surface area contributed by atoms with Crippen molar-refractivity contribution in [2.75, 3.05) is 19.6 Å². The largest absolute Gasteiger partial charge is 0.480 e. The van der Waals surface area contributed by atoms with Crippen LogP contribution in [0.2, 0.25) is 0 Å². The molecule has 0 unspecified atom stereocenters. The second-order valence-electron chi connectivity index (χ2n) is 3.73. The highest BCUT2D eigenvalue weighted by Gasteiger charge is 2.28. The molecule has 6 heteroatoms. The minimum absolute atomic E-state index is 0.476. The number of carboxylic acids is 1. The molecule has 16 heavy (non-hydrogen) atoms. The molecular weight excluding hydrogens is 208 g/mol. The summed E-state index contributed by atoms with van der Waals surface area (Å²) in [6.45, 7) is 2.54. The van der Waals surface area contributed by atoms with E-state index in [1.54, 1.807) is 18.6 Å². The molecule has 1 saturated heterocycles. The summed E-state index contributed by atoms with van der Waals surface area (Å²) in [7, 11) is 0. The molecule has 2 heterocycles. The lowest BCUT2D eigenvalue weighted by Gasteiger charge is -2.32. The minimum atomic E-state index is -0.795. The molecule has 1 atom stereocenters. The summed E-state index contributed by atoms with van der Waals surface area (Å²) >= 11 is 0. The van der Waals surface area contributed by atoms with E-state index in [0.717, 1.165) is 12.2 Å². The zero-order valence-electron chi connectivity index (χ0n) is 8.83. The third-order valence-corrected chi connectivity index (χ3v) is 2.62. The van der Waals surface area contributed by atoms with Gasteiger partial charge in [0.15, 0.2) is 0 Å². The van der Waals surface area contributed by atoms with Gasteiger partial charge in [-0.3, -0.25) is 19.7 Å². The number of aromatic nitrogens is 2. The molecule has 6 nitrogen and oxygen atoms in total. The van der Waals surface area contributed by atoms with Gasteiger partial charge in [0.25, 0.3) is 0 Å². The Balaban J connectivity index is 2.04. The Labute approximate surface area is 93.3 Å². The highest BCUT2D eigenvalue weighted by atomic mass is 16.4. The lowest BCUT2D eigenvalue weighted by molar-refractivity contribution is -0.144. The van der Waals surface area contributed by atoms with Crippen LogP contribution in [0.1, 0.15) is 5.69 Å². The standard InChI is InChI=1S/C10H14N4O2/c15-10(16)9-6-12-3-4-14(9)7-8-5-11-1-2-13-8/h1-2,5,9,12H,3-4,6-7H2,(H,15,16)/t9-/m1/s1. The predicted molar refractivity (Wildman–Crippen MR) is 56.7 cm³/mol. The Morgan fingerprint density at radius 1 is 1.62 bits per heavy atom. The van der Waals surface area contributed by atoms with E-state index in [1.165, 1.54) is 0 Å². The number of aliphatic carboxylic acids is 1. The first kappa shape index (κ1) is 11.0. The molecular formula is C10H14N4O2. The third-order valence-electron chi connectivity index (χ3n) is 2.62. The maximum absolute atomic E-state index is 11.0. The summed E-state index contributed by atoms with van der Waals surface area (Å²) in [5.41, 5.74) is 0.802. The van der Waals surface area contributed by atoms with Crippen LogP contribution in [0.15, 0.2) is 18.6 Å². The molecule has 0 aromatic carbocycles. The molecule has 0 amide bonds. The third kappa shape index (κ3) is 2.53. The zero-order chi connectivity index (χ0) is 11.4. The SMILES string of the molecule is O=C(O)[C@H]1CNCCN1Cc1cnccn1. The molecule has 2 rings (SSSR count). The first-order valence-electron chi connectivity index (χ1n) is 5.20. The fraction of sp³-hybridized carbons (Fsp3) is 0.500. The van der Waals surface area contributed by atoms with E-state index in [2.05, 4.69) is 15.3 Å². The first-order valence-corrected chi connectivity index (χ1v) is 5.20. The van der Waals surface area contributed by atoms with E-state index < -0.39 is 12.0 Å². The monoisotopic (exact) mass is 222 g/mol. The van der Waals surface area contributed by atoms with Crippen molar-refractivity contribution in [2.24, 2.45) is 0 Å². The number of piperazine rings is 1. The summed E-state index contributed by atoms with van der Waals surface area (Å²) in [4.78, 5) is 21.1. The Morgan fingerprint density at radius 2 is 2.50 bits per heavy atom. The molecule has 1 aromatic heterocycles. The molecule has 0 radical (unpaired) electrons. The average Bonchev–Trinajstić information content (AvgIpc) is 2.31. The Morgan fingerprint density at radius 3 is 3.19 bits per heavy atom. The lowest BCUT2D eigenvalue weighted by atomic mass is 10.2. The fourth-order valence-electron chi connectivity index (χ4n) is 1.80. The minimum Gasteiger partial charge on any atom is -0.480 e. The zero-order valence-corrected chi connectivity index (χ0v) is 8.83. The van der Waals surface area contributed by atoms with E-state index in [1.807, 2.05) is 4.90 Å². The Hall–Kier alpha value is -1.53. The maximum Gasteiger partial charge on any atom is 0.322 e. The van der Waals surface area contributed by atoms with E-state index in [0.29, 0.717) is 19.6 Å². The second-order valence-corrected chi connectivity index (χ2v) is 3.73. The molecule has 0 bridgehead atoms. The van der Waals surface area contributed by atoms with Crippen LogP contribution in [-0.4, -0.2) is 51.6 Å². The van der Waals surface area contributed by atoms with Gasteiger partial charge in [0, 0.05) is 44.8 Å². The molecule has 0 spiro atoms. The predicted octanol–water partition coefficient (Wildman–Crippen LogP) is -0.665. The molecule has 0 saturated carbocycles. The fourth-order valence-corrected chi connectivity index (χ4v) is 1.80. The van der Waals surface area contributed by atoms with Gasteiger partial charge in [-0.1, -0.05) is 0 Å². The highest BCUT2D eigenvalue weighted by Crippen LogP contribution is 2.07. The number of carbonyl (C=O) groups is 1. The molecule has 1 aliphatic rings. The van der Waals surface area contributed by atoms with Crippen molar-refractivity contribution in [1.29, 1.82) is 0 Å². The first-order chi connectivity index (χ1) is 7.77. The summed E-state index contributed by atoms with van der Waals surface area (Å²) in [5.74, 6) is -0.795. The van der Waals surface area contributed by atoms with Gasteiger partial charge < -0.3 is 10.4 Å². The number of hydrogen-bond donors (Lipinski definition) is 2. The number of hydrogen-bond acceptors (Lipinski definition) is 5. The second kappa shape index (κ2) is 5.00. The van der Waals surface area contributed by atoms with Crippen molar-refractivity contribution in [3.05, 3.63) is 24.3 Å².